The first-order valence-electron chi connectivity index (χ1n) is 7.05. The van der Waals surface area contributed by atoms with Gasteiger partial charge >= 0.3 is 0 Å². The number of hydrogen-bond acceptors (Lipinski definition) is 2. The van der Waals surface area contributed by atoms with Crippen LogP contribution in [-0.4, -0.2) is 4.73 Å². The number of aryl methyl sites for hydroxylation is 1. The summed E-state index contributed by atoms with van der Waals surface area (Å²) >= 11 is 0. The van der Waals surface area contributed by atoms with Crippen molar-refractivity contribution in [3.05, 3.63) is 51.5 Å². The lowest BCUT2D eigenvalue weighted by Gasteiger charge is -2.20. The number of hydrogen-bond donors (Lipinski definition) is 0. The first kappa shape index (κ1) is 13.7. The molecule has 0 saturated carbocycles. The molecule has 0 aliphatic heterocycles. The van der Waals surface area contributed by atoms with Crippen molar-refractivity contribution < 1.29 is 0 Å². The van der Waals surface area contributed by atoms with Crippen LogP contribution in [0.3, 0.4) is 0 Å². The van der Waals surface area contributed by atoms with E-state index in [0.29, 0.717) is 23.0 Å². The second-order valence-corrected chi connectivity index (χ2v) is 4.98. The Kier molecular flexibility index (Phi) is 4.61. The summed E-state index contributed by atoms with van der Waals surface area (Å²) in [5.74, 6) is 0. The maximum atomic E-state index is 12.2. The standard InChI is InChI=1S/C16H20NO2/c1-2-3-4-5-6-9-13-12-16(18)14-10-7-8-11-15(14)17(13)19/h7-8,10-12H,2-6,9H2,1H3/q-1. The third-order valence-electron chi connectivity index (χ3n) is 3.48. The van der Waals surface area contributed by atoms with Gasteiger partial charge in [-0.3, -0.25) is 4.79 Å². The van der Waals surface area contributed by atoms with E-state index in [2.05, 4.69) is 6.92 Å². The molecule has 0 bridgehead atoms. The molecule has 0 aliphatic rings. The van der Waals surface area contributed by atoms with Crippen molar-refractivity contribution in [1.82, 2.24) is 4.73 Å². The van der Waals surface area contributed by atoms with Crippen LogP contribution < -0.4 is 5.43 Å². The zero-order valence-electron chi connectivity index (χ0n) is 11.4. The van der Waals surface area contributed by atoms with Crippen molar-refractivity contribution in [2.45, 2.75) is 45.4 Å². The number of para-hydroxylation sites is 1. The van der Waals surface area contributed by atoms with Crippen molar-refractivity contribution in [1.29, 1.82) is 0 Å². The van der Waals surface area contributed by atoms with Gasteiger partial charge in [0.1, 0.15) is 0 Å². The Labute approximate surface area is 113 Å². The molecule has 0 amide bonds. The molecule has 0 radical (unpaired) electrons. The summed E-state index contributed by atoms with van der Waals surface area (Å²) in [7, 11) is 0. The highest BCUT2D eigenvalue weighted by Crippen LogP contribution is 2.14. The van der Waals surface area contributed by atoms with E-state index in [1.54, 1.807) is 24.3 Å². The van der Waals surface area contributed by atoms with Gasteiger partial charge < -0.3 is 9.94 Å². The molecular weight excluding hydrogens is 238 g/mol. The van der Waals surface area contributed by atoms with Crippen LogP contribution in [0.4, 0.5) is 0 Å². The largest absolute Gasteiger partial charge is 0.805 e. The minimum absolute atomic E-state index is 0.0498. The zero-order valence-corrected chi connectivity index (χ0v) is 11.4. The number of fused-ring (bicyclic) bond motifs is 1. The Morgan fingerprint density at radius 1 is 1.11 bits per heavy atom. The Bertz CT molecular complexity index is 601. The Hall–Kier alpha value is -1.77. The number of rotatable bonds is 6. The van der Waals surface area contributed by atoms with E-state index in [1.165, 1.54) is 25.3 Å². The predicted molar refractivity (Wildman–Crippen MR) is 79.4 cm³/mol. The molecule has 19 heavy (non-hydrogen) atoms. The zero-order chi connectivity index (χ0) is 13.7. The molecule has 1 heterocycles. The van der Waals surface area contributed by atoms with Crippen LogP contribution in [-0.2, 0) is 6.42 Å². The maximum Gasteiger partial charge on any atom is 0.189 e. The SMILES string of the molecule is CCCCCCCc1cc(=O)c2ccccc2n1[O-]. The monoisotopic (exact) mass is 258 g/mol. The van der Waals surface area contributed by atoms with E-state index in [9.17, 15) is 10.0 Å². The van der Waals surface area contributed by atoms with Crippen LogP contribution >= 0.6 is 0 Å². The third-order valence-corrected chi connectivity index (χ3v) is 3.48. The summed E-state index contributed by atoms with van der Waals surface area (Å²) in [6.45, 7) is 2.18. The quantitative estimate of drug-likeness (QED) is 0.738. The summed E-state index contributed by atoms with van der Waals surface area (Å²) < 4.78 is 0.913. The van der Waals surface area contributed by atoms with Gasteiger partial charge in [-0.15, -0.1) is 0 Å². The predicted octanol–water partition coefficient (Wildman–Crippen LogP) is 3.86. The lowest BCUT2D eigenvalue weighted by molar-refractivity contribution is 0.625. The lowest BCUT2D eigenvalue weighted by Crippen LogP contribution is -2.10. The van der Waals surface area contributed by atoms with Gasteiger partial charge in [0.2, 0.25) is 0 Å². The van der Waals surface area contributed by atoms with Crippen molar-refractivity contribution >= 4 is 10.9 Å². The van der Waals surface area contributed by atoms with E-state index in [4.69, 9.17) is 0 Å². The van der Waals surface area contributed by atoms with E-state index in [1.807, 2.05) is 0 Å². The smallest absolute Gasteiger partial charge is 0.189 e. The summed E-state index contributed by atoms with van der Waals surface area (Å²) in [4.78, 5) is 11.9. The Balaban J connectivity index is 2.15. The molecule has 3 nitrogen and oxygen atoms in total. The maximum absolute atomic E-state index is 12.2. The van der Waals surface area contributed by atoms with Gasteiger partial charge in [-0.1, -0.05) is 44.7 Å². The second-order valence-electron chi connectivity index (χ2n) is 4.98. The summed E-state index contributed by atoms with van der Waals surface area (Å²) in [5.41, 5.74) is 1.03. The molecule has 0 spiro atoms. The fraction of sp³-hybridized carbons (Fsp3) is 0.438. The first-order valence-corrected chi connectivity index (χ1v) is 7.05. The highest BCUT2D eigenvalue weighted by molar-refractivity contribution is 5.79. The van der Waals surface area contributed by atoms with Crippen molar-refractivity contribution in [2.75, 3.05) is 0 Å². The van der Waals surface area contributed by atoms with Crippen LogP contribution in [0.25, 0.3) is 10.9 Å². The normalized spacial score (nSPS) is 11.0. The summed E-state index contributed by atoms with van der Waals surface area (Å²) in [6, 6.07) is 8.49. The summed E-state index contributed by atoms with van der Waals surface area (Å²) in [6.07, 6.45) is 6.43. The van der Waals surface area contributed by atoms with Crippen LogP contribution in [0.5, 0.6) is 0 Å². The van der Waals surface area contributed by atoms with Crippen molar-refractivity contribution in [3.63, 3.8) is 0 Å². The average molecular weight is 258 g/mol. The van der Waals surface area contributed by atoms with Crippen LogP contribution in [0.15, 0.2) is 35.1 Å². The average Bonchev–Trinajstić information content (AvgIpc) is 2.44. The van der Waals surface area contributed by atoms with Gasteiger partial charge in [0.25, 0.3) is 0 Å². The van der Waals surface area contributed by atoms with Crippen LogP contribution in [0.2, 0.25) is 0 Å². The van der Waals surface area contributed by atoms with Gasteiger partial charge in [0.05, 0.1) is 0 Å². The van der Waals surface area contributed by atoms with Crippen LogP contribution in [0, 0.1) is 5.21 Å². The molecule has 0 N–H and O–H groups in total. The molecule has 3 heteroatoms. The molecule has 1 aromatic carbocycles. The van der Waals surface area contributed by atoms with Gasteiger partial charge in [-0.05, 0) is 25.0 Å². The molecule has 0 unspecified atom stereocenters. The fourth-order valence-corrected chi connectivity index (χ4v) is 2.38. The van der Waals surface area contributed by atoms with E-state index < -0.39 is 0 Å². The minimum Gasteiger partial charge on any atom is -0.805 e. The topological polar surface area (TPSA) is 45.1 Å². The van der Waals surface area contributed by atoms with Crippen molar-refractivity contribution in [2.24, 2.45) is 0 Å². The molecule has 0 aliphatic carbocycles. The number of pyridine rings is 1. The van der Waals surface area contributed by atoms with Gasteiger partial charge in [0.15, 0.2) is 5.43 Å². The van der Waals surface area contributed by atoms with Gasteiger partial charge in [-0.2, -0.15) is 0 Å². The molecule has 0 fully saturated rings. The molecule has 0 atom stereocenters. The number of aromatic nitrogens is 1. The molecule has 0 saturated heterocycles. The van der Waals surface area contributed by atoms with E-state index in [-0.39, 0.29) is 5.43 Å². The molecular formula is C16H20NO2-. The second kappa shape index (κ2) is 6.41. The highest BCUT2D eigenvalue weighted by atomic mass is 16.5. The molecule has 2 rings (SSSR count). The van der Waals surface area contributed by atoms with Gasteiger partial charge in [0, 0.05) is 22.7 Å². The lowest BCUT2D eigenvalue weighted by atomic mass is 10.1. The molecule has 2 aromatic rings. The number of unbranched alkanes of at least 4 members (excludes halogenated alkanes) is 4. The van der Waals surface area contributed by atoms with Crippen LogP contribution in [0.1, 0.15) is 44.7 Å². The van der Waals surface area contributed by atoms with E-state index in [0.717, 1.165) is 17.6 Å². The fourth-order valence-electron chi connectivity index (χ4n) is 2.38. The third kappa shape index (κ3) is 3.16. The minimum atomic E-state index is -0.0498. The highest BCUT2D eigenvalue weighted by Gasteiger charge is 2.03. The number of benzene rings is 1. The number of nitrogens with zero attached hydrogens (tertiary/aromatic N) is 1. The van der Waals surface area contributed by atoms with Crippen molar-refractivity contribution in [3.8, 4) is 0 Å². The molecule has 1 aromatic heterocycles. The van der Waals surface area contributed by atoms with Gasteiger partial charge in [-0.25, -0.2) is 0 Å². The first-order chi connectivity index (χ1) is 9.24. The summed E-state index contributed by atoms with van der Waals surface area (Å²) in [5, 5.41) is 12.7. The Morgan fingerprint density at radius 2 is 1.84 bits per heavy atom. The molecule has 102 valence electrons. The Morgan fingerprint density at radius 3 is 2.63 bits per heavy atom. The van der Waals surface area contributed by atoms with E-state index >= 15 is 0 Å².